The Kier molecular flexibility index (Phi) is 5.37. The summed E-state index contributed by atoms with van der Waals surface area (Å²) in [7, 11) is -0.754. The van der Waals surface area contributed by atoms with E-state index in [2.05, 4.69) is 4.74 Å². The summed E-state index contributed by atoms with van der Waals surface area (Å²) in [5, 5.41) is 1.94. The van der Waals surface area contributed by atoms with Crippen LogP contribution in [-0.2, 0) is 26.3 Å². The van der Waals surface area contributed by atoms with Crippen LogP contribution in [0.5, 0.6) is 0 Å². The van der Waals surface area contributed by atoms with Gasteiger partial charge in [-0.05, 0) is 24.3 Å². The molecule has 0 amide bonds. The van der Waals surface area contributed by atoms with E-state index in [-0.39, 0.29) is 19.0 Å². The summed E-state index contributed by atoms with van der Waals surface area (Å²) >= 11 is 1.55. The molecule has 0 aliphatic heterocycles. The zero-order chi connectivity index (χ0) is 15.5. The molecule has 6 nitrogen and oxygen atoms in total. The molecular weight excluding hydrogens is 312 g/mol. The first-order valence-electron chi connectivity index (χ1n) is 6.77. The second-order valence-electron chi connectivity index (χ2n) is 5.01. The zero-order valence-corrected chi connectivity index (χ0v) is 13.8. The molecule has 1 aromatic heterocycles. The minimum absolute atomic E-state index is 0.0593. The Labute approximate surface area is 129 Å². The lowest BCUT2D eigenvalue weighted by Gasteiger charge is -2.27. The van der Waals surface area contributed by atoms with Crippen molar-refractivity contribution in [3.8, 4) is 0 Å². The van der Waals surface area contributed by atoms with Gasteiger partial charge in [0, 0.05) is 31.1 Å². The Balaban J connectivity index is 2.05. The van der Waals surface area contributed by atoms with Crippen molar-refractivity contribution >= 4 is 27.5 Å². The predicted molar refractivity (Wildman–Crippen MR) is 81.1 cm³/mol. The monoisotopic (exact) mass is 332 g/mol. The third-order valence-electron chi connectivity index (χ3n) is 3.39. The highest BCUT2D eigenvalue weighted by Gasteiger charge is 2.39. The highest BCUT2D eigenvalue weighted by atomic mass is 32.2. The highest BCUT2D eigenvalue weighted by Crippen LogP contribution is 2.32. The number of methoxy groups -OCH3 is 1. The summed E-state index contributed by atoms with van der Waals surface area (Å²) in [6, 6.07) is 3.93. The number of esters is 1. The van der Waals surface area contributed by atoms with Crippen LogP contribution in [0.2, 0.25) is 0 Å². The van der Waals surface area contributed by atoms with Crippen molar-refractivity contribution < 1.29 is 17.9 Å². The molecule has 0 N–H and O–H groups in total. The van der Waals surface area contributed by atoms with Crippen LogP contribution >= 0.6 is 11.3 Å². The number of carbonyl (C=O) groups is 1. The van der Waals surface area contributed by atoms with Crippen LogP contribution in [0, 0.1) is 0 Å². The molecule has 0 unspecified atom stereocenters. The fourth-order valence-corrected chi connectivity index (χ4v) is 4.32. The molecule has 118 valence electrons. The summed E-state index contributed by atoms with van der Waals surface area (Å²) in [4.78, 5) is 12.2. The number of thiophene rings is 1. The largest absolute Gasteiger partial charge is 0.469 e. The summed E-state index contributed by atoms with van der Waals surface area (Å²) < 4.78 is 32.6. The van der Waals surface area contributed by atoms with Gasteiger partial charge in [0.1, 0.15) is 0 Å². The van der Waals surface area contributed by atoms with Gasteiger partial charge in [0.2, 0.25) is 0 Å². The van der Waals surface area contributed by atoms with Gasteiger partial charge in [-0.1, -0.05) is 6.07 Å². The molecule has 1 fully saturated rings. The van der Waals surface area contributed by atoms with Crippen molar-refractivity contribution in [3.63, 3.8) is 0 Å². The first-order chi connectivity index (χ1) is 9.95. The van der Waals surface area contributed by atoms with Crippen LogP contribution in [0.1, 0.15) is 24.1 Å². The summed E-state index contributed by atoms with van der Waals surface area (Å²) in [5.74, 6) is -0.409. The number of hydrogen-bond donors (Lipinski definition) is 0. The average Bonchev–Trinajstić information content (AvgIpc) is 3.17. The smallest absolute Gasteiger partial charge is 0.306 e. The third kappa shape index (κ3) is 4.26. The molecule has 21 heavy (non-hydrogen) atoms. The van der Waals surface area contributed by atoms with E-state index in [1.807, 2.05) is 17.5 Å². The standard InChI is InChI=1S/C13H20N2O4S2/c1-14(8-7-13(16)19-2)21(17,18)15(11-5-6-11)10-12-4-3-9-20-12/h3-4,9,11H,5-8,10H2,1-2H3. The van der Waals surface area contributed by atoms with Gasteiger partial charge in [0.25, 0.3) is 10.2 Å². The lowest BCUT2D eigenvalue weighted by Crippen LogP contribution is -2.43. The normalized spacial score (nSPS) is 15.6. The quantitative estimate of drug-likeness (QED) is 0.676. The Bertz CT molecular complexity index is 567. The first-order valence-corrected chi connectivity index (χ1v) is 9.05. The molecule has 1 aliphatic carbocycles. The molecule has 1 aromatic rings. The van der Waals surface area contributed by atoms with Crippen LogP contribution in [0.4, 0.5) is 0 Å². The average molecular weight is 332 g/mol. The van der Waals surface area contributed by atoms with Gasteiger partial charge in [-0.15, -0.1) is 11.3 Å². The van der Waals surface area contributed by atoms with E-state index < -0.39 is 16.2 Å². The van der Waals surface area contributed by atoms with E-state index in [1.165, 1.54) is 22.8 Å². The molecule has 1 heterocycles. The molecule has 0 atom stereocenters. The van der Waals surface area contributed by atoms with E-state index in [1.54, 1.807) is 11.3 Å². The third-order valence-corrected chi connectivity index (χ3v) is 6.25. The maximum absolute atomic E-state index is 12.6. The molecule has 8 heteroatoms. The number of nitrogens with zero attached hydrogens (tertiary/aromatic N) is 2. The topological polar surface area (TPSA) is 66.9 Å². The summed E-state index contributed by atoms with van der Waals surface area (Å²) in [5.41, 5.74) is 0. The molecular formula is C13H20N2O4S2. The Morgan fingerprint density at radius 2 is 2.19 bits per heavy atom. The van der Waals surface area contributed by atoms with E-state index in [4.69, 9.17) is 0 Å². The van der Waals surface area contributed by atoms with Crippen LogP contribution in [-0.4, -0.2) is 49.7 Å². The summed E-state index contributed by atoms with van der Waals surface area (Å²) in [6.45, 7) is 0.524. The van der Waals surface area contributed by atoms with Crippen LogP contribution in [0.25, 0.3) is 0 Å². The minimum atomic E-state index is -3.55. The molecule has 0 bridgehead atoms. The predicted octanol–water partition coefficient (Wildman–Crippen LogP) is 1.45. The second-order valence-corrected chi connectivity index (χ2v) is 8.03. The van der Waals surface area contributed by atoms with Crippen LogP contribution in [0.3, 0.4) is 0 Å². The van der Waals surface area contributed by atoms with Crippen molar-refractivity contribution in [2.24, 2.45) is 0 Å². The molecule has 0 saturated heterocycles. The van der Waals surface area contributed by atoms with Gasteiger partial charge in [-0.25, -0.2) is 0 Å². The van der Waals surface area contributed by atoms with Crippen molar-refractivity contribution in [3.05, 3.63) is 22.4 Å². The van der Waals surface area contributed by atoms with Gasteiger partial charge >= 0.3 is 5.97 Å². The molecule has 1 aliphatic rings. The van der Waals surface area contributed by atoms with Crippen molar-refractivity contribution in [1.82, 2.24) is 8.61 Å². The Morgan fingerprint density at radius 3 is 2.71 bits per heavy atom. The molecule has 1 saturated carbocycles. The van der Waals surface area contributed by atoms with E-state index in [0.29, 0.717) is 6.54 Å². The second kappa shape index (κ2) is 6.87. The van der Waals surface area contributed by atoms with Gasteiger partial charge < -0.3 is 4.74 Å². The fourth-order valence-electron chi connectivity index (χ4n) is 1.96. The van der Waals surface area contributed by atoms with Gasteiger partial charge in [0.15, 0.2) is 0 Å². The SMILES string of the molecule is COC(=O)CCN(C)S(=O)(=O)N(Cc1cccs1)C1CC1. The molecule has 0 spiro atoms. The van der Waals surface area contributed by atoms with E-state index in [9.17, 15) is 13.2 Å². The Hall–Kier alpha value is -0.960. The highest BCUT2D eigenvalue weighted by molar-refractivity contribution is 7.86. The van der Waals surface area contributed by atoms with Gasteiger partial charge in [-0.3, -0.25) is 4.79 Å². The van der Waals surface area contributed by atoms with Crippen molar-refractivity contribution in [2.45, 2.75) is 31.8 Å². The fraction of sp³-hybridized carbons (Fsp3) is 0.615. The van der Waals surface area contributed by atoms with Crippen molar-refractivity contribution in [2.75, 3.05) is 20.7 Å². The Morgan fingerprint density at radius 1 is 1.48 bits per heavy atom. The minimum Gasteiger partial charge on any atom is -0.469 e. The maximum Gasteiger partial charge on any atom is 0.306 e. The number of hydrogen-bond acceptors (Lipinski definition) is 5. The van der Waals surface area contributed by atoms with Crippen LogP contribution < -0.4 is 0 Å². The van der Waals surface area contributed by atoms with Crippen LogP contribution in [0.15, 0.2) is 17.5 Å². The zero-order valence-electron chi connectivity index (χ0n) is 12.2. The summed E-state index contributed by atoms with van der Waals surface area (Å²) in [6.07, 6.45) is 1.86. The number of rotatable bonds is 8. The number of carbonyl (C=O) groups excluding carboxylic acids is 1. The molecule has 0 aromatic carbocycles. The molecule has 2 rings (SSSR count). The first kappa shape index (κ1) is 16.4. The lowest BCUT2D eigenvalue weighted by molar-refractivity contribution is -0.140. The molecule has 0 radical (unpaired) electrons. The maximum atomic E-state index is 12.6. The van der Waals surface area contributed by atoms with Gasteiger partial charge in [-0.2, -0.15) is 17.0 Å². The number of ether oxygens (including phenoxy) is 1. The van der Waals surface area contributed by atoms with E-state index in [0.717, 1.165) is 17.7 Å². The van der Waals surface area contributed by atoms with Crippen molar-refractivity contribution in [1.29, 1.82) is 0 Å². The van der Waals surface area contributed by atoms with Gasteiger partial charge in [0.05, 0.1) is 13.5 Å². The lowest BCUT2D eigenvalue weighted by atomic mass is 10.4. The van der Waals surface area contributed by atoms with E-state index >= 15 is 0 Å².